The lowest BCUT2D eigenvalue weighted by molar-refractivity contribution is 0.446. The van der Waals surface area contributed by atoms with Gasteiger partial charge < -0.3 is 0 Å². The van der Waals surface area contributed by atoms with Crippen LogP contribution in [0.3, 0.4) is 0 Å². The van der Waals surface area contributed by atoms with Gasteiger partial charge >= 0.3 is 0 Å². The molecule has 0 aromatic heterocycles. The molecule has 3 rings (SSSR count). The Kier molecular flexibility index (Phi) is 5.59. The summed E-state index contributed by atoms with van der Waals surface area (Å²) >= 11 is 0. The highest BCUT2D eigenvalue weighted by Crippen LogP contribution is 2.36. The Morgan fingerprint density at radius 2 is 1.48 bits per heavy atom. The zero-order valence-corrected chi connectivity index (χ0v) is 14.6. The van der Waals surface area contributed by atoms with Gasteiger partial charge in [0.25, 0.3) is 0 Å². The number of hydrogen-bond acceptors (Lipinski definition) is 0. The van der Waals surface area contributed by atoms with Crippen molar-refractivity contribution in [3.05, 3.63) is 94.3 Å². The highest BCUT2D eigenvalue weighted by Gasteiger charge is 2.21. The van der Waals surface area contributed by atoms with E-state index in [1.807, 2.05) is 24.3 Å². The molecule has 0 atom stereocenters. The fourth-order valence-electron chi connectivity index (χ4n) is 3.05. The monoisotopic (exact) mass is 376 g/mol. The van der Waals surface area contributed by atoms with Crippen LogP contribution in [0.5, 0.6) is 0 Å². The molecule has 0 saturated carbocycles. The van der Waals surface area contributed by atoms with Crippen molar-refractivity contribution >= 4 is 11.1 Å². The van der Waals surface area contributed by atoms with Gasteiger partial charge in [-0.1, -0.05) is 37.6 Å². The Hall–Kier alpha value is -2.69. The van der Waals surface area contributed by atoms with Gasteiger partial charge in [-0.05, 0) is 59.4 Å². The first kappa shape index (κ1) is 19.1. The molecule has 140 valence electrons. The molecule has 1 aliphatic rings. The Balaban J connectivity index is 2.04. The van der Waals surface area contributed by atoms with Crippen LogP contribution in [-0.4, -0.2) is 0 Å². The van der Waals surface area contributed by atoms with Crippen molar-refractivity contribution in [2.45, 2.75) is 26.2 Å². The molecule has 0 heterocycles. The molecule has 0 N–H and O–H groups in total. The van der Waals surface area contributed by atoms with Gasteiger partial charge in [0.2, 0.25) is 0 Å². The molecule has 0 aliphatic heterocycles. The topological polar surface area (TPSA) is 0 Å². The van der Waals surface area contributed by atoms with Crippen molar-refractivity contribution in [3.8, 4) is 0 Å². The normalized spacial score (nSPS) is 14.7. The fourth-order valence-corrected chi connectivity index (χ4v) is 3.05. The van der Waals surface area contributed by atoms with Crippen molar-refractivity contribution in [1.82, 2.24) is 0 Å². The molecule has 0 saturated heterocycles. The van der Waals surface area contributed by atoms with Crippen LogP contribution in [-0.2, 0) is 6.42 Å². The number of allylic oxidation sites excluding steroid dienone is 6. The summed E-state index contributed by atoms with van der Waals surface area (Å²) in [5, 5.41) is 0. The Bertz CT molecular complexity index is 926. The standard InChI is InChI=1S/C22H17F5/c1-2-3-13-4-6-14(7-5-13)15-8-9-17(23)21(18(24)10-15)16-11-19(25)22(27)20(26)12-16/h4-7,9-12H,2-3,8H2,1H3. The van der Waals surface area contributed by atoms with Crippen molar-refractivity contribution in [1.29, 1.82) is 0 Å². The first-order chi connectivity index (χ1) is 12.9. The molecule has 0 radical (unpaired) electrons. The zero-order chi connectivity index (χ0) is 19.6. The van der Waals surface area contributed by atoms with E-state index in [2.05, 4.69) is 6.92 Å². The fraction of sp³-hybridized carbons (Fsp3) is 0.182. The van der Waals surface area contributed by atoms with Gasteiger partial charge in [-0.15, -0.1) is 0 Å². The van der Waals surface area contributed by atoms with E-state index in [0.29, 0.717) is 17.7 Å². The summed E-state index contributed by atoms with van der Waals surface area (Å²) in [6.45, 7) is 2.07. The van der Waals surface area contributed by atoms with Gasteiger partial charge in [-0.25, -0.2) is 22.0 Å². The van der Waals surface area contributed by atoms with Gasteiger partial charge in [-0.3, -0.25) is 0 Å². The Morgan fingerprint density at radius 3 is 2.07 bits per heavy atom. The highest BCUT2D eigenvalue weighted by molar-refractivity contribution is 5.84. The average molecular weight is 376 g/mol. The lowest BCUT2D eigenvalue weighted by Crippen LogP contribution is -1.96. The van der Waals surface area contributed by atoms with Crippen LogP contribution in [0.25, 0.3) is 11.1 Å². The maximum Gasteiger partial charge on any atom is 0.194 e. The summed E-state index contributed by atoms with van der Waals surface area (Å²) in [4.78, 5) is 0. The third-order valence-corrected chi connectivity index (χ3v) is 4.42. The van der Waals surface area contributed by atoms with Gasteiger partial charge in [0.05, 0.1) is 5.57 Å². The average Bonchev–Trinajstić information content (AvgIpc) is 2.78. The van der Waals surface area contributed by atoms with E-state index in [4.69, 9.17) is 0 Å². The van der Waals surface area contributed by atoms with E-state index in [0.717, 1.165) is 36.1 Å². The smallest absolute Gasteiger partial charge is 0.194 e. The summed E-state index contributed by atoms with van der Waals surface area (Å²) in [5.41, 5.74) is 1.42. The highest BCUT2D eigenvalue weighted by atomic mass is 19.2. The lowest BCUT2D eigenvalue weighted by atomic mass is 10.00. The number of aryl methyl sites for hydroxylation is 1. The number of rotatable bonds is 4. The molecule has 0 unspecified atom stereocenters. The number of hydrogen-bond donors (Lipinski definition) is 0. The summed E-state index contributed by atoms with van der Waals surface area (Å²) in [7, 11) is 0. The molecule has 5 heteroatoms. The molecule has 0 nitrogen and oxygen atoms in total. The van der Waals surface area contributed by atoms with Gasteiger partial charge in [0.1, 0.15) is 11.7 Å². The first-order valence-corrected chi connectivity index (χ1v) is 8.61. The van der Waals surface area contributed by atoms with Crippen LogP contribution in [0.4, 0.5) is 22.0 Å². The van der Waals surface area contributed by atoms with Crippen LogP contribution in [0.2, 0.25) is 0 Å². The summed E-state index contributed by atoms with van der Waals surface area (Å²) < 4.78 is 69.3. The van der Waals surface area contributed by atoms with Crippen molar-refractivity contribution < 1.29 is 22.0 Å². The minimum absolute atomic E-state index is 0.113. The minimum Gasteiger partial charge on any atom is -0.207 e. The lowest BCUT2D eigenvalue weighted by Gasteiger charge is -2.07. The maximum absolute atomic E-state index is 14.7. The van der Waals surface area contributed by atoms with Crippen LogP contribution < -0.4 is 0 Å². The largest absolute Gasteiger partial charge is 0.207 e. The van der Waals surface area contributed by atoms with Crippen LogP contribution in [0.1, 0.15) is 36.5 Å². The predicted molar refractivity (Wildman–Crippen MR) is 96.6 cm³/mol. The number of halogens is 5. The van der Waals surface area contributed by atoms with Gasteiger partial charge in [0.15, 0.2) is 17.5 Å². The number of benzene rings is 2. The Labute approximate surface area is 154 Å². The molecule has 0 amide bonds. The van der Waals surface area contributed by atoms with Crippen LogP contribution >= 0.6 is 0 Å². The molecule has 0 bridgehead atoms. The third-order valence-electron chi connectivity index (χ3n) is 4.42. The van der Waals surface area contributed by atoms with Crippen molar-refractivity contribution in [2.75, 3.05) is 0 Å². The molecule has 0 spiro atoms. The molecule has 1 aliphatic carbocycles. The Morgan fingerprint density at radius 1 is 0.852 bits per heavy atom. The quantitative estimate of drug-likeness (QED) is 0.395. The molecular weight excluding hydrogens is 359 g/mol. The van der Waals surface area contributed by atoms with E-state index in [-0.39, 0.29) is 6.42 Å². The molecule has 2 aromatic rings. The van der Waals surface area contributed by atoms with E-state index >= 15 is 0 Å². The third kappa shape index (κ3) is 4.02. The molecule has 0 fully saturated rings. The van der Waals surface area contributed by atoms with E-state index in [1.54, 1.807) is 0 Å². The minimum atomic E-state index is -1.68. The summed E-state index contributed by atoms with van der Waals surface area (Å²) in [5.74, 6) is -6.61. The van der Waals surface area contributed by atoms with Gasteiger partial charge in [0, 0.05) is 0 Å². The van der Waals surface area contributed by atoms with Crippen molar-refractivity contribution in [3.63, 3.8) is 0 Å². The summed E-state index contributed by atoms with van der Waals surface area (Å²) in [6, 6.07) is 8.68. The summed E-state index contributed by atoms with van der Waals surface area (Å²) in [6.07, 6.45) is 4.33. The molecular formula is C22H17F5. The molecule has 2 aromatic carbocycles. The van der Waals surface area contributed by atoms with Crippen LogP contribution in [0, 0.1) is 17.5 Å². The van der Waals surface area contributed by atoms with Gasteiger partial charge in [-0.2, -0.15) is 0 Å². The second-order valence-electron chi connectivity index (χ2n) is 6.35. The van der Waals surface area contributed by atoms with E-state index < -0.39 is 40.2 Å². The first-order valence-electron chi connectivity index (χ1n) is 8.61. The second-order valence-corrected chi connectivity index (χ2v) is 6.35. The maximum atomic E-state index is 14.7. The van der Waals surface area contributed by atoms with E-state index in [1.165, 1.54) is 0 Å². The van der Waals surface area contributed by atoms with Crippen molar-refractivity contribution in [2.24, 2.45) is 0 Å². The van der Waals surface area contributed by atoms with E-state index in [9.17, 15) is 22.0 Å². The SMILES string of the molecule is CCCc1ccc(C2=CC(F)=C(c3cc(F)c(F)c(F)c3)C(F)=CC2)cc1. The molecule has 27 heavy (non-hydrogen) atoms. The van der Waals surface area contributed by atoms with Crippen LogP contribution in [0.15, 0.2) is 60.2 Å². The predicted octanol–water partition coefficient (Wildman–Crippen LogP) is 7.08. The second kappa shape index (κ2) is 7.91. The zero-order valence-electron chi connectivity index (χ0n) is 14.6.